The summed E-state index contributed by atoms with van der Waals surface area (Å²) in [5, 5.41) is 27.9. The van der Waals surface area contributed by atoms with Crippen LogP contribution in [0, 0.1) is 5.95 Å². The van der Waals surface area contributed by atoms with E-state index >= 15 is 0 Å². The van der Waals surface area contributed by atoms with Crippen molar-refractivity contribution in [2.45, 2.75) is 22.3 Å². The molecule has 180 valence electrons. The third kappa shape index (κ3) is 7.02. The molecule has 0 aliphatic rings. The standard InChI is InChI=1S/C18H17FN2O3S2.C4H4O4/c1-20-10-13-9-16(15-6-3-7-21-17(15)19)18(25-13)26(23,24)14-5-2-4-12(8-14)11-22;5-3(6)1-2-4(7)8/h2-9,20,22H,10-11H2,1H3;1-2H,(H,5,6)(H,7,8)/b;2-1+. The minimum Gasteiger partial charge on any atom is -0.478 e. The van der Waals surface area contributed by atoms with Crippen LogP contribution in [0.3, 0.4) is 0 Å². The minimum absolute atomic E-state index is 0.0599. The average molecular weight is 509 g/mol. The van der Waals surface area contributed by atoms with E-state index in [4.69, 9.17) is 10.2 Å². The fourth-order valence-electron chi connectivity index (χ4n) is 2.72. The Bertz CT molecular complexity index is 1290. The van der Waals surface area contributed by atoms with Gasteiger partial charge in [-0.1, -0.05) is 12.1 Å². The Morgan fingerprint density at radius 1 is 1.09 bits per heavy atom. The molecule has 0 fully saturated rings. The molecule has 2 aromatic heterocycles. The Hall–Kier alpha value is -3.45. The summed E-state index contributed by atoms with van der Waals surface area (Å²) < 4.78 is 40.7. The maximum atomic E-state index is 14.2. The number of aliphatic hydroxyl groups is 1. The lowest BCUT2D eigenvalue weighted by Crippen LogP contribution is -2.03. The Morgan fingerprint density at radius 3 is 2.32 bits per heavy atom. The lowest BCUT2D eigenvalue weighted by atomic mass is 10.1. The molecule has 0 bridgehead atoms. The van der Waals surface area contributed by atoms with E-state index in [-0.39, 0.29) is 21.3 Å². The summed E-state index contributed by atoms with van der Waals surface area (Å²) in [5.41, 5.74) is 0.926. The first kappa shape index (κ1) is 26.8. The summed E-state index contributed by atoms with van der Waals surface area (Å²) in [6.45, 7) is 0.203. The second kappa shape index (κ2) is 12.1. The monoisotopic (exact) mass is 508 g/mol. The predicted molar refractivity (Wildman–Crippen MR) is 122 cm³/mol. The van der Waals surface area contributed by atoms with Gasteiger partial charge >= 0.3 is 11.9 Å². The molecule has 0 aliphatic carbocycles. The van der Waals surface area contributed by atoms with Crippen LogP contribution in [0.1, 0.15) is 10.4 Å². The number of nitrogens with one attached hydrogen (secondary N) is 1. The van der Waals surface area contributed by atoms with Gasteiger partial charge in [0.1, 0.15) is 4.21 Å². The Kier molecular flexibility index (Phi) is 9.57. The van der Waals surface area contributed by atoms with Crippen molar-refractivity contribution in [1.82, 2.24) is 10.3 Å². The van der Waals surface area contributed by atoms with Gasteiger partial charge in [-0.15, -0.1) is 11.3 Å². The van der Waals surface area contributed by atoms with Crippen LogP contribution in [-0.2, 0) is 32.6 Å². The fraction of sp³-hybridized carbons (Fsp3) is 0.136. The number of sulfone groups is 1. The highest BCUT2D eigenvalue weighted by Crippen LogP contribution is 2.39. The molecule has 4 N–H and O–H groups in total. The van der Waals surface area contributed by atoms with Crippen molar-refractivity contribution in [2.75, 3.05) is 7.05 Å². The van der Waals surface area contributed by atoms with Crippen molar-refractivity contribution < 1.29 is 37.7 Å². The number of hydrogen-bond acceptors (Lipinski definition) is 8. The first-order chi connectivity index (χ1) is 16.1. The molecule has 3 aromatic rings. The normalized spacial score (nSPS) is 11.1. The lowest BCUT2D eigenvalue weighted by Gasteiger charge is -2.07. The maximum absolute atomic E-state index is 14.2. The molecule has 0 aliphatic heterocycles. The number of aromatic nitrogens is 1. The van der Waals surface area contributed by atoms with E-state index in [1.165, 1.54) is 24.4 Å². The molecule has 34 heavy (non-hydrogen) atoms. The summed E-state index contributed by atoms with van der Waals surface area (Å²) >= 11 is 1.10. The molecule has 0 saturated carbocycles. The minimum atomic E-state index is -3.88. The number of carboxylic acid groups (broad SMARTS) is 2. The lowest BCUT2D eigenvalue weighted by molar-refractivity contribution is -0.134. The van der Waals surface area contributed by atoms with Gasteiger partial charge in [-0.2, -0.15) is 4.39 Å². The van der Waals surface area contributed by atoms with Gasteiger partial charge in [0.05, 0.1) is 11.5 Å². The number of hydrogen-bond donors (Lipinski definition) is 4. The third-order valence-electron chi connectivity index (χ3n) is 4.15. The quantitative estimate of drug-likeness (QED) is 0.266. The highest BCUT2D eigenvalue weighted by molar-refractivity contribution is 7.93. The molecule has 0 spiro atoms. The highest BCUT2D eigenvalue weighted by atomic mass is 32.2. The smallest absolute Gasteiger partial charge is 0.328 e. The zero-order valence-electron chi connectivity index (χ0n) is 17.8. The van der Waals surface area contributed by atoms with Gasteiger partial charge in [-0.05, 0) is 42.9 Å². The number of pyridine rings is 1. The number of aliphatic hydroxyl groups excluding tert-OH is 1. The number of carbonyl (C=O) groups is 2. The van der Waals surface area contributed by atoms with E-state index in [0.29, 0.717) is 29.8 Å². The van der Waals surface area contributed by atoms with Crippen LogP contribution in [0.5, 0.6) is 0 Å². The van der Waals surface area contributed by atoms with E-state index in [2.05, 4.69) is 10.3 Å². The Labute approximate surface area is 198 Å². The van der Waals surface area contributed by atoms with Gasteiger partial charge in [-0.3, -0.25) is 0 Å². The van der Waals surface area contributed by atoms with Crippen molar-refractivity contribution in [3.63, 3.8) is 0 Å². The number of aliphatic carboxylic acids is 2. The van der Waals surface area contributed by atoms with Gasteiger partial charge in [-0.25, -0.2) is 23.0 Å². The Morgan fingerprint density at radius 2 is 1.76 bits per heavy atom. The van der Waals surface area contributed by atoms with Crippen LogP contribution in [0.25, 0.3) is 11.1 Å². The van der Waals surface area contributed by atoms with E-state index in [1.807, 2.05) is 0 Å². The largest absolute Gasteiger partial charge is 0.478 e. The van der Waals surface area contributed by atoms with Gasteiger partial charge < -0.3 is 20.6 Å². The molecule has 0 unspecified atom stereocenters. The summed E-state index contributed by atoms with van der Waals surface area (Å²) in [4.78, 5) is 23.6. The van der Waals surface area contributed by atoms with E-state index in [9.17, 15) is 27.5 Å². The van der Waals surface area contributed by atoms with Crippen molar-refractivity contribution in [1.29, 1.82) is 0 Å². The highest BCUT2D eigenvalue weighted by Gasteiger charge is 2.27. The molecule has 3 rings (SSSR count). The van der Waals surface area contributed by atoms with Crippen LogP contribution >= 0.6 is 11.3 Å². The molecule has 0 saturated heterocycles. The van der Waals surface area contributed by atoms with Gasteiger partial charge in [0, 0.05) is 40.9 Å². The van der Waals surface area contributed by atoms with Crippen molar-refractivity contribution in [3.05, 3.63) is 77.2 Å². The summed E-state index contributed by atoms with van der Waals surface area (Å²) in [6.07, 6.45) is 2.43. The van der Waals surface area contributed by atoms with Crippen molar-refractivity contribution in [2.24, 2.45) is 0 Å². The number of benzene rings is 1. The van der Waals surface area contributed by atoms with Gasteiger partial charge in [0.15, 0.2) is 0 Å². The second-order valence-corrected chi connectivity index (χ2v) is 9.89. The average Bonchev–Trinajstić information content (AvgIpc) is 3.23. The fourth-order valence-corrected chi connectivity index (χ4v) is 5.92. The zero-order chi connectivity index (χ0) is 25.3. The molecule has 0 atom stereocenters. The molecular formula is C22H21FN2O7S2. The predicted octanol–water partition coefficient (Wildman–Crippen LogP) is 2.71. The number of thiophene rings is 1. The summed E-state index contributed by atoms with van der Waals surface area (Å²) in [6, 6.07) is 10.9. The number of carboxylic acids is 2. The van der Waals surface area contributed by atoms with Crippen molar-refractivity contribution >= 4 is 33.1 Å². The second-order valence-electron chi connectivity index (χ2n) is 6.60. The molecule has 9 nitrogen and oxygen atoms in total. The topological polar surface area (TPSA) is 154 Å². The molecule has 2 heterocycles. The first-order valence-electron chi connectivity index (χ1n) is 9.57. The van der Waals surface area contributed by atoms with Gasteiger partial charge in [0.25, 0.3) is 0 Å². The number of nitrogens with zero attached hydrogens (tertiary/aromatic N) is 1. The van der Waals surface area contributed by atoms with Crippen LogP contribution in [0.15, 0.2) is 69.9 Å². The molecular weight excluding hydrogens is 487 g/mol. The van der Waals surface area contributed by atoms with Crippen molar-refractivity contribution in [3.8, 4) is 11.1 Å². The van der Waals surface area contributed by atoms with E-state index in [0.717, 1.165) is 16.2 Å². The van der Waals surface area contributed by atoms with Crippen LogP contribution in [-0.4, -0.2) is 47.7 Å². The Balaban J connectivity index is 0.000000440. The third-order valence-corrected chi connectivity index (χ3v) is 7.57. The SMILES string of the molecule is CNCc1cc(-c2cccnc2F)c(S(=O)(=O)c2cccc(CO)c2)s1.O=C(O)/C=C/C(=O)O. The summed E-state index contributed by atoms with van der Waals surface area (Å²) in [7, 11) is -2.13. The first-order valence-corrected chi connectivity index (χ1v) is 11.9. The number of rotatable bonds is 8. The van der Waals surface area contributed by atoms with Crippen LogP contribution in [0.4, 0.5) is 4.39 Å². The van der Waals surface area contributed by atoms with Gasteiger partial charge in [0.2, 0.25) is 15.8 Å². The van der Waals surface area contributed by atoms with Crippen LogP contribution in [0.2, 0.25) is 0 Å². The number of halogens is 1. The molecule has 12 heteroatoms. The van der Waals surface area contributed by atoms with E-state index in [1.54, 1.807) is 31.3 Å². The summed E-state index contributed by atoms with van der Waals surface area (Å²) in [5.74, 6) is -3.23. The van der Waals surface area contributed by atoms with Crippen LogP contribution < -0.4 is 5.32 Å². The maximum Gasteiger partial charge on any atom is 0.328 e. The molecule has 0 radical (unpaired) electrons. The van der Waals surface area contributed by atoms with E-state index < -0.39 is 27.7 Å². The molecule has 0 amide bonds. The zero-order valence-corrected chi connectivity index (χ0v) is 19.4. The molecule has 1 aromatic carbocycles.